The molecule has 1 amide bonds. The average molecular weight is 274 g/mol. The van der Waals surface area contributed by atoms with E-state index >= 15 is 0 Å². The van der Waals surface area contributed by atoms with Crippen molar-refractivity contribution in [1.82, 2.24) is 5.32 Å². The van der Waals surface area contributed by atoms with E-state index in [0.29, 0.717) is 5.69 Å². The molecule has 1 unspecified atom stereocenters. The second-order valence-electron chi connectivity index (χ2n) is 5.98. The highest BCUT2D eigenvalue weighted by atomic mass is 16.1. The topological polar surface area (TPSA) is 55.1 Å². The van der Waals surface area contributed by atoms with Crippen LogP contribution in [0.5, 0.6) is 0 Å². The van der Waals surface area contributed by atoms with Gasteiger partial charge in [0.2, 0.25) is 5.91 Å². The molecular weight excluding hydrogens is 248 g/mol. The maximum absolute atomic E-state index is 12.1. The van der Waals surface area contributed by atoms with Crippen LogP contribution in [0.15, 0.2) is 24.3 Å². The molecule has 0 spiro atoms. The molecule has 1 aromatic carbocycles. The van der Waals surface area contributed by atoms with Gasteiger partial charge in [0.05, 0.1) is 5.92 Å². The van der Waals surface area contributed by atoms with Gasteiger partial charge >= 0.3 is 0 Å². The number of rotatable bonds is 6. The number of hydrogen-bond acceptors (Lipinski definition) is 2. The van der Waals surface area contributed by atoms with Crippen LogP contribution in [0.2, 0.25) is 0 Å². The molecule has 0 aliphatic heterocycles. The van der Waals surface area contributed by atoms with Crippen molar-refractivity contribution in [2.75, 3.05) is 12.3 Å². The molecule has 2 rings (SSSR count). The predicted octanol–water partition coefficient (Wildman–Crippen LogP) is 3.46. The molecule has 1 aliphatic carbocycles. The Bertz CT molecular complexity index is 438. The Kier molecular flexibility index (Phi) is 5.45. The number of nitrogen functional groups attached to an aromatic ring is 1. The number of hydrogen-bond donors (Lipinski definition) is 2. The maximum Gasteiger partial charge on any atom is 0.227 e. The minimum atomic E-state index is -0.134. The first-order valence-electron chi connectivity index (χ1n) is 7.80. The van der Waals surface area contributed by atoms with E-state index in [4.69, 9.17) is 5.73 Å². The fourth-order valence-electron chi connectivity index (χ4n) is 3.03. The lowest BCUT2D eigenvalue weighted by Crippen LogP contribution is -2.29. The zero-order valence-electron chi connectivity index (χ0n) is 12.4. The van der Waals surface area contributed by atoms with Gasteiger partial charge in [-0.05, 0) is 43.4 Å². The van der Waals surface area contributed by atoms with Gasteiger partial charge in [-0.2, -0.15) is 0 Å². The van der Waals surface area contributed by atoms with Gasteiger partial charge in [0.15, 0.2) is 0 Å². The smallest absolute Gasteiger partial charge is 0.227 e. The molecule has 3 N–H and O–H groups in total. The van der Waals surface area contributed by atoms with Crippen molar-refractivity contribution in [3.63, 3.8) is 0 Å². The van der Waals surface area contributed by atoms with E-state index in [1.807, 2.05) is 31.2 Å². The lowest BCUT2D eigenvalue weighted by Gasteiger charge is -2.14. The molecule has 20 heavy (non-hydrogen) atoms. The Balaban J connectivity index is 1.71. The molecule has 1 saturated carbocycles. The molecule has 0 saturated heterocycles. The van der Waals surface area contributed by atoms with Gasteiger partial charge in [-0.3, -0.25) is 4.79 Å². The van der Waals surface area contributed by atoms with Crippen LogP contribution in [0, 0.1) is 5.92 Å². The second-order valence-corrected chi connectivity index (χ2v) is 5.98. The van der Waals surface area contributed by atoms with Gasteiger partial charge in [-0.25, -0.2) is 0 Å². The maximum atomic E-state index is 12.1. The summed E-state index contributed by atoms with van der Waals surface area (Å²) >= 11 is 0. The second kappa shape index (κ2) is 7.32. The van der Waals surface area contributed by atoms with Crippen LogP contribution in [0.4, 0.5) is 5.69 Å². The van der Waals surface area contributed by atoms with Gasteiger partial charge in [-0.1, -0.05) is 37.8 Å². The summed E-state index contributed by atoms with van der Waals surface area (Å²) in [7, 11) is 0. The van der Waals surface area contributed by atoms with Crippen molar-refractivity contribution in [1.29, 1.82) is 0 Å². The molecule has 0 aromatic heterocycles. The van der Waals surface area contributed by atoms with Crippen molar-refractivity contribution in [3.05, 3.63) is 29.8 Å². The Hall–Kier alpha value is -1.51. The lowest BCUT2D eigenvalue weighted by atomic mass is 9.99. The van der Waals surface area contributed by atoms with Gasteiger partial charge in [0, 0.05) is 12.2 Å². The van der Waals surface area contributed by atoms with E-state index in [2.05, 4.69) is 5.32 Å². The zero-order valence-corrected chi connectivity index (χ0v) is 12.4. The number of nitrogens with two attached hydrogens (primary N) is 1. The summed E-state index contributed by atoms with van der Waals surface area (Å²) in [4.78, 5) is 12.1. The van der Waals surface area contributed by atoms with Gasteiger partial charge in [0.25, 0.3) is 0 Å². The Morgan fingerprint density at radius 3 is 2.85 bits per heavy atom. The van der Waals surface area contributed by atoms with Crippen molar-refractivity contribution in [3.8, 4) is 0 Å². The van der Waals surface area contributed by atoms with Crippen molar-refractivity contribution < 1.29 is 4.79 Å². The number of carbonyl (C=O) groups excluding carboxylic acids is 1. The Labute approximate surface area is 121 Å². The molecule has 1 fully saturated rings. The number of anilines is 1. The number of benzene rings is 1. The highest BCUT2D eigenvalue weighted by molar-refractivity contribution is 5.83. The molecule has 1 aromatic rings. The first-order valence-corrected chi connectivity index (χ1v) is 7.80. The number of nitrogens with one attached hydrogen (secondary N) is 1. The van der Waals surface area contributed by atoms with E-state index in [-0.39, 0.29) is 11.8 Å². The molecule has 3 nitrogen and oxygen atoms in total. The number of carbonyl (C=O) groups is 1. The Morgan fingerprint density at radius 1 is 1.40 bits per heavy atom. The first-order chi connectivity index (χ1) is 9.66. The fraction of sp³-hybridized carbons (Fsp3) is 0.588. The molecule has 1 atom stereocenters. The standard InChI is InChI=1S/C17H26N2O/c1-13(15-9-4-10-16(18)12-15)17(20)19-11-5-8-14-6-2-3-7-14/h4,9-10,12-14H,2-3,5-8,11,18H2,1H3,(H,19,20). The van der Waals surface area contributed by atoms with E-state index in [1.165, 1.54) is 32.1 Å². The highest BCUT2D eigenvalue weighted by Crippen LogP contribution is 2.28. The normalized spacial score (nSPS) is 17.1. The molecule has 1 aliphatic rings. The summed E-state index contributed by atoms with van der Waals surface area (Å²) in [6.45, 7) is 2.73. The van der Waals surface area contributed by atoms with Crippen molar-refractivity contribution >= 4 is 11.6 Å². The molecular formula is C17H26N2O. The van der Waals surface area contributed by atoms with E-state index < -0.39 is 0 Å². The van der Waals surface area contributed by atoms with Gasteiger partial charge < -0.3 is 11.1 Å². The lowest BCUT2D eigenvalue weighted by molar-refractivity contribution is -0.122. The zero-order chi connectivity index (χ0) is 14.4. The summed E-state index contributed by atoms with van der Waals surface area (Å²) in [6.07, 6.45) is 7.90. The van der Waals surface area contributed by atoms with Crippen LogP contribution in [-0.2, 0) is 4.79 Å². The van der Waals surface area contributed by atoms with Crippen molar-refractivity contribution in [2.45, 2.75) is 51.4 Å². The quantitative estimate of drug-likeness (QED) is 0.616. The van der Waals surface area contributed by atoms with Crippen LogP contribution in [0.25, 0.3) is 0 Å². The average Bonchev–Trinajstić information content (AvgIpc) is 2.95. The van der Waals surface area contributed by atoms with E-state index in [1.54, 1.807) is 0 Å². The molecule has 0 heterocycles. The SMILES string of the molecule is CC(C(=O)NCCCC1CCCC1)c1cccc(N)c1. The largest absolute Gasteiger partial charge is 0.399 e. The van der Waals surface area contributed by atoms with E-state index in [9.17, 15) is 4.79 Å². The minimum Gasteiger partial charge on any atom is -0.399 e. The van der Waals surface area contributed by atoms with Crippen LogP contribution in [0.3, 0.4) is 0 Å². The summed E-state index contributed by atoms with van der Waals surface area (Å²) in [5.41, 5.74) is 7.45. The summed E-state index contributed by atoms with van der Waals surface area (Å²) < 4.78 is 0. The fourth-order valence-corrected chi connectivity index (χ4v) is 3.03. The van der Waals surface area contributed by atoms with Crippen molar-refractivity contribution in [2.24, 2.45) is 5.92 Å². The van der Waals surface area contributed by atoms with Gasteiger partial charge in [0.1, 0.15) is 0 Å². The Morgan fingerprint density at radius 2 is 2.15 bits per heavy atom. The van der Waals surface area contributed by atoms with Gasteiger partial charge in [-0.15, -0.1) is 0 Å². The highest BCUT2D eigenvalue weighted by Gasteiger charge is 2.16. The van der Waals surface area contributed by atoms with Crippen LogP contribution in [-0.4, -0.2) is 12.5 Å². The van der Waals surface area contributed by atoms with Crippen LogP contribution >= 0.6 is 0 Å². The van der Waals surface area contributed by atoms with E-state index in [0.717, 1.165) is 24.4 Å². The molecule has 0 bridgehead atoms. The molecule has 3 heteroatoms. The summed E-state index contributed by atoms with van der Waals surface area (Å²) in [5, 5.41) is 3.04. The third-order valence-electron chi connectivity index (χ3n) is 4.37. The predicted molar refractivity (Wildman–Crippen MR) is 83.5 cm³/mol. The summed E-state index contributed by atoms with van der Waals surface area (Å²) in [5.74, 6) is 0.866. The monoisotopic (exact) mass is 274 g/mol. The number of amides is 1. The summed E-state index contributed by atoms with van der Waals surface area (Å²) in [6, 6.07) is 7.58. The molecule has 110 valence electrons. The minimum absolute atomic E-state index is 0.0991. The van der Waals surface area contributed by atoms with Crippen LogP contribution < -0.4 is 11.1 Å². The van der Waals surface area contributed by atoms with Crippen LogP contribution in [0.1, 0.15) is 56.9 Å². The first kappa shape index (κ1) is 14.9. The third kappa shape index (κ3) is 4.26. The third-order valence-corrected chi connectivity index (χ3v) is 4.37. The molecule has 0 radical (unpaired) electrons.